The van der Waals surface area contributed by atoms with Gasteiger partial charge in [-0.1, -0.05) is 59.6 Å². The summed E-state index contributed by atoms with van der Waals surface area (Å²) in [6.45, 7) is 1.46. The number of rotatable bonds is 9. The molecular weight excluding hydrogens is 655 g/mol. The van der Waals surface area contributed by atoms with E-state index in [1.807, 2.05) is 29.2 Å². The Morgan fingerprint density at radius 1 is 1.02 bits per heavy atom. The number of pyridine rings is 1. The smallest absolute Gasteiger partial charge is 0.279 e. The zero-order valence-electron chi connectivity index (χ0n) is 25.1. The number of carbonyl (C=O) groups is 2. The molecule has 1 fully saturated rings. The number of ether oxygens (including phenoxy) is 1. The highest BCUT2D eigenvalue weighted by molar-refractivity contribution is 7.89. The summed E-state index contributed by atoms with van der Waals surface area (Å²) in [5.74, 6) is -1.18. The number of methoxy groups -OCH3 is 1. The summed E-state index contributed by atoms with van der Waals surface area (Å²) in [5, 5.41) is 7.15. The molecule has 4 aromatic rings. The van der Waals surface area contributed by atoms with Crippen LogP contribution in [0.15, 0.2) is 65.6 Å². The molecule has 0 radical (unpaired) electrons. The van der Waals surface area contributed by atoms with Gasteiger partial charge in [0, 0.05) is 48.6 Å². The van der Waals surface area contributed by atoms with Gasteiger partial charge in [-0.3, -0.25) is 24.0 Å². The highest BCUT2D eigenvalue weighted by Gasteiger charge is 2.30. The highest BCUT2D eigenvalue weighted by atomic mass is 35.5. The Morgan fingerprint density at radius 3 is 2.43 bits per heavy atom. The topological polar surface area (TPSA) is 153 Å². The number of nitrogens with one attached hydrogen (secondary N) is 2. The van der Waals surface area contributed by atoms with Crippen molar-refractivity contribution in [2.45, 2.75) is 13.0 Å². The van der Waals surface area contributed by atoms with Crippen molar-refractivity contribution in [1.29, 1.82) is 0 Å². The molecule has 0 saturated carbocycles. The molecule has 1 aliphatic heterocycles. The molecule has 1 atom stereocenters. The third kappa shape index (κ3) is 7.23. The standard InChI is InChI=1S/C31H30Cl2N6O6S/c1-38-31(42)23(12-14-34-38)29(41)35-25-9-5-7-21(27(25)33)20-6-4-8-22(26(20)32)24-11-10-19(30(36-24)45-2)17-39-15-13-18(16-39)28(40)37-46(3,43)44/h4-12,14,18H,13,15-17H2,1-3H3,(H,35,41)(H,37,40). The van der Waals surface area contributed by atoms with Crippen molar-refractivity contribution < 1.29 is 22.7 Å². The molecule has 2 N–H and O–H groups in total. The predicted octanol–water partition coefficient (Wildman–Crippen LogP) is 3.97. The minimum Gasteiger partial charge on any atom is -0.481 e. The Kier molecular flexibility index (Phi) is 9.77. The summed E-state index contributed by atoms with van der Waals surface area (Å²) in [6, 6.07) is 15.6. The van der Waals surface area contributed by atoms with Gasteiger partial charge in [0.1, 0.15) is 5.56 Å². The first-order chi connectivity index (χ1) is 21.9. The number of nitrogens with zero attached hydrogens (tertiary/aromatic N) is 4. The maximum atomic E-state index is 12.9. The molecule has 12 nitrogen and oxygen atoms in total. The maximum Gasteiger partial charge on any atom is 0.279 e. The van der Waals surface area contributed by atoms with Gasteiger partial charge in [-0.2, -0.15) is 5.10 Å². The van der Waals surface area contributed by atoms with E-state index in [2.05, 4.69) is 15.1 Å². The van der Waals surface area contributed by atoms with Crippen LogP contribution in [0, 0.1) is 5.92 Å². The van der Waals surface area contributed by atoms with Crippen LogP contribution in [-0.2, 0) is 28.4 Å². The van der Waals surface area contributed by atoms with E-state index in [-0.39, 0.29) is 10.6 Å². The van der Waals surface area contributed by atoms with Crippen LogP contribution in [0.3, 0.4) is 0 Å². The van der Waals surface area contributed by atoms with E-state index in [1.54, 1.807) is 24.3 Å². The van der Waals surface area contributed by atoms with Crippen LogP contribution in [-0.4, -0.2) is 66.4 Å². The Hall–Kier alpha value is -4.30. The highest BCUT2D eigenvalue weighted by Crippen LogP contribution is 2.41. The fourth-order valence-corrected chi connectivity index (χ4v) is 6.39. The van der Waals surface area contributed by atoms with Crippen molar-refractivity contribution in [3.8, 4) is 28.3 Å². The molecule has 5 rings (SSSR count). The summed E-state index contributed by atoms with van der Waals surface area (Å²) >= 11 is 13.7. The quantitative estimate of drug-likeness (QED) is 0.267. The number of anilines is 1. The summed E-state index contributed by atoms with van der Waals surface area (Å²) < 4.78 is 31.6. The third-order valence-corrected chi connectivity index (χ3v) is 8.90. The van der Waals surface area contributed by atoms with Crippen LogP contribution in [0.5, 0.6) is 5.88 Å². The molecular formula is C31H30Cl2N6O6S. The lowest BCUT2D eigenvalue weighted by atomic mass is 10.00. The predicted molar refractivity (Wildman–Crippen MR) is 175 cm³/mol. The van der Waals surface area contributed by atoms with Crippen LogP contribution in [0.2, 0.25) is 10.0 Å². The van der Waals surface area contributed by atoms with Crippen molar-refractivity contribution in [2.75, 3.05) is 31.8 Å². The second-order valence-electron chi connectivity index (χ2n) is 10.8. The Labute approximate surface area is 275 Å². The number of benzene rings is 2. The SMILES string of the molecule is COc1nc(-c2cccc(-c3cccc(NC(=O)c4ccnn(C)c4=O)c3Cl)c2Cl)ccc1CN1CCC(C(=O)NS(C)(=O)=O)C1. The molecule has 1 unspecified atom stereocenters. The molecule has 0 spiro atoms. The van der Waals surface area contributed by atoms with Crippen LogP contribution in [0.25, 0.3) is 22.4 Å². The van der Waals surface area contributed by atoms with E-state index in [0.29, 0.717) is 65.0 Å². The monoisotopic (exact) mass is 684 g/mol. The summed E-state index contributed by atoms with van der Waals surface area (Å²) in [7, 11) is -0.653. The Morgan fingerprint density at radius 2 is 1.72 bits per heavy atom. The number of aryl methyl sites for hydroxylation is 1. The molecule has 2 aromatic carbocycles. The first kappa shape index (κ1) is 33.1. The number of halogens is 2. The molecule has 2 amide bonds. The average Bonchev–Trinajstić information content (AvgIpc) is 3.48. The zero-order valence-corrected chi connectivity index (χ0v) is 27.4. The number of hydrogen-bond acceptors (Lipinski definition) is 9. The van der Waals surface area contributed by atoms with E-state index in [1.165, 1.54) is 26.4 Å². The number of sulfonamides is 1. The Bertz CT molecular complexity index is 2000. The third-order valence-electron chi connectivity index (χ3n) is 7.52. The lowest BCUT2D eigenvalue weighted by Crippen LogP contribution is -2.36. The van der Waals surface area contributed by atoms with E-state index in [9.17, 15) is 22.8 Å². The first-order valence-corrected chi connectivity index (χ1v) is 16.7. The number of hydrogen-bond donors (Lipinski definition) is 2. The Balaban J connectivity index is 1.37. The van der Waals surface area contributed by atoms with Crippen molar-refractivity contribution >= 4 is 50.7 Å². The summed E-state index contributed by atoms with van der Waals surface area (Å²) in [5.41, 5.74) is 2.79. The first-order valence-electron chi connectivity index (χ1n) is 14.1. The summed E-state index contributed by atoms with van der Waals surface area (Å²) in [6.07, 6.45) is 2.86. The molecule has 240 valence electrons. The molecule has 3 heterocycles. The van der Waals surface area contributed by atoms with Gasteiger partial charge in [0.25, 0.3) is 11.5 Å². The van der Waals surface area contributed by atoms with E-state index in [0.717, 1.165) is 16.5 Å². The van der Waals surface area contributed by atoms with Gasteiger partial charge in [0.15, 0.2) is 0 Å². The number of amides is 2. The fraction of sp³-hybridized carbons (Fsp3) is 0.258. The van der Waals surface area contributed by atoms with Gasteiger partial charge in [-0.05, 0) is 31.2 Å². The van der Waals surface area contributed by atoms with Gasteiger partial charge < -0.3 is 10.1 Å². The molecule has 1 saturated heterocycles. The maximum absolute atomic E-state index is 12.9. The van der Waals surface area contributed by atoms with Gasteiger partial charge in [0.05, 0.1) is 40.7 Å². The van der Waals surface area contributed by atoms with Gasteiger partial charge in [-0.15, -0.1) is 0 Å². The minimum atomic E-state index is -3.62. The number of carbonyl (C=O) groups excluding carboxylic acids is 2. The molecule has 46 heavy (non-hydrogen) atoms. The molecule has 0 bridgehead atoms. The lowest BCUT2D eigenvalue weighted by molar-refractivity contribution is -0.122. The largest absolute Gasteiger partial charge is 0.481 e. The van der Waals surface area contributed by atoms with Gasteiger partial charge in [0.2, 0.25) is 21.8 Å². The van der Waals surface area contributed by atoms with Crippen LogP contribution in [0.1, 0.15) is 22.3 Å². The van der Waals surface area contributed by atoms with Crippen LogP contribution in [0.4, 0.5) is 5.69 Å². The number of likely N-dealkylation sites (tertiary alicyclic amines) is 1. The molecule has 2 aromatic heterocycles. The van der Waals surface area contributed by atoms with Gasteiger partial charge >= 0.3 is 0 Å². The minimum absolute atomic E-state index is 0.0792. The average molecular weight is 686 g/mol. The second-order valence-corrected chi connectivity index (χ2v) is 13.3. The van der Waals surface area contributed by atoms with E-state index in [4.69, 9.17) is 32.9 Å². The fourth-order valence-electron chi connectivity index (χ4n) is 5.26. The number of aromatic nitrogens is 3. The van der Waals surface area contributed by atoms with Crippen molar-refractivity contribution in [2.24, 2.45) is 13.0 Å². The normalized spacial score (nSPS) is 15.0. The van der Waals surface area contributed by atoms with Crippen molar-refractivity contribution in [3.05, 3.63) is 92.3 Å². The van der Waals surface area contributed by atoms with E-state index >= 15 is 0 Å². The van der Waals surface area contributed by atoms with Crippen molar-refractivity contribution in [3.63, 3.8) is 0 Å². The zero-order chi connectivity index (χ0) is 33.2. The van der Waals surface area contributed by atoms with Crippen LogP contribution < -0.4 is 20.3 Å². The molecule has 0 aliphatic carbocycles. The second kappa shape index (κ2) is 13.6. The lowest BCUT2D eigenvalue weighted by Gasteiger charge is -2.18. The molecule has 1 aliphatic rings. The van der Waals surface area contributed by atoms with Crippen LogP contribution >= 0.6 is 23.2 Å². The van der Waals surface area contributed by atoms with Crippen molar-refractivity contribution in [1.82, 2.24) is 24.4 Å². The summed E-state index contributed by atoms with van der Waals surface area (Å²) in [4.78, 5) is 44.3. The van der Waals surface area contributed by atoms with Gasteiger partial charge in [-0.25, -0.2) is 18.1 Å². The van der Waals surface area contributed by atoms with E-state index < -0.39 is 33.3 Å². The molecule has 15 heteroatoms.